The molecule has 194 valence electrons. The fraction of sp³-hybridized carbons (Fsp3) is 0.640. The minimum absolute atomic E-state index is 0.110. The number of aromatic nitrogens is 2. The van der Waals surface area contributed by atoms with Gasteiger partial charge in [0.05, 0.1) is 23.2 Å². The molecule has 1 saturated carbocycles. The van der Waals surface area contributed by atoms with Crippen molar-refractivity contribution in [2.24, 2.45) is 5.41 Å². The lowest BCUT2D eigenvalue weighted by molar-refractivity contribution is 0.0456. The van der Waals surface area contributed by atoms with Crippen LogP contribution in [-0.2, 0) is 9.47 Å². The number of hydrogen-bond acceptors (Lipinski definition) is 10. The number of pyridine rings is 1. The summed E-state index contributed by atoms with van der Waals surface area (Å²) in [5.41, 5.74) is 5.01. The van der Waals surface area contributed by atoms with Crippen molar-refractivity contribution in [3.8, 4) is 17.3 Å². The fourth-order valence-corrected chi connectivity index (χ4v) is 6.09. The van der Waals surface area contributed by atoms with Crippen molar-refractivity contribution >= 4 is 33.9 Å². The summed E-state index contributed by atoms with van der Waals surface area (Å²) in [5.74, 6) is 0.847. The zero-order chi connectivity index (χ0) is 25.2. The van der Waals surface area contributed by atoms with Gasteiger partial charge in [-0.2, -0.15) is 5.26 Å². The molecule has 2 aliphatic heterocycles. The lowest BCUT2D eigenvalue weighted by Gasteiger charge is -2.37. The van der Waals surface area contributed by atoms with E-state index >= 15 is 0 Å². The second-order valence-electron chi connectivity index (χ2n) is 10.1. The molecular formula is C25H34ClN7O2S. The third-order valence-electron chi connectivity index (χ3n) is 7.56. The van der Waals surface area contributed by atoms with E-state index in [1.54, 1.807) is 18.4 Å². The molecule has 3 atom stereocenters. The van der Waals surface area contributed by atoms with E-state index in [1.165, 1.54) is 0 Å². The SMILES string of the molecule is CO[C@@H]1[C@@H](C)N1NC1(Cl)CCC(Nc2cc(-c3csc(NCC4(C#N)CCOCC4)n3)ccn2)CC1. The summed E-state index contributed by atoms with van der Waals surface area (Å²) in [5, 5.41) is 21.6. The van der Waals surface area contributed by atoms with Crippen LogP contribution >= 0.6 is 22.9 Å². The van der Waals surface area contributed by atoms with Gasteiger partial charge in [0, 0.05) is 50.1 Å². The Balaban J connectivity index is 1.14. The van der Waals surface area contributed by atoms with Gasteiger partial charge in [-0.1, -0.05) is 0 Å². The third-order valence-corrected chi connectivity index (χ3v) is 8.82. The molecule has 3 fully saturated rings. The predicted molar refractivity (Wildman–Crippen MR) is 142 cm³/mol. The molecule has 0 aromatic carbocycles. The van der Waals surface area contributed by atoms with Crippen molar-refractivity contribution in [2.75, 3.05) is 37.5 Å². The maximum Gasteiger partial charge on any atom is 0.183 e. The lowest BCUT2D eigenvalue weighted by atomic mass is 9.82. The van der Waals surface area contributed by atoms with Gasteiger partial charge in [0.25, 0.3) is 0 Å². The molecule has 36 heavy (non-hydrogen) atoms. The summed E-state index contributed by atoms with van der Waals surface area (Å²) < 4.78 is 10.9. The van der Waals surface area contributed by atoms with Gasteiger partial charge >= 0.3 is 0 Å². The van der Waals surface area contributed by atoms with Crippen LogP contribution in [0.4, 0.5) is 10.9 Å². The van der Waals surface area contributed by atoms with Crippen LogP contribution in [0.5, 0.6) is 0 Å². The van der Waals surface area contributed by atoms with Crippen LogP contribution in [0.1, 0.15) is 45.4 Å². The van der Waals surface area contributed by atoms with E-state index in [2.05, 4.69) is 45.1 Å². The number of ether oxygens (including phenoxy) is 2. The van der Waals surface area contributed by atoms with Gasteiger partial charge < -0.3 is 20.1 Å². The number of hydrazine groups is 1. The normalized spacial score (nSPS) is 31.4. The number of halogens is 1. The monoisotopic (exact) mass is 531 g/mol. The summed E-state index contributed by atoms with van der Waals surface area (Å²) in [6.45, 7) is 3.99. The molecular weight excluding hydrogens is 498 g/mol. The molecule has 2 aromatic heterocycles. The molecule has 11 heteroatoms. The van der Waals surface area contributed by atoms with Crippen LogP contribution in [0.25, 0.3) is 11.3 Å². The fourth-order valence-electron chi connectivity index (χ4n) is 5.06. The van der Waals surface area contributed by atoms with Gasteiger partial charge in [-0.25, -0.2) is 20.4 Å². The molecule has 0 amide bonds. The van der Waals surface area contributed by atoms with Crippen LogP contribution in [0.15, 0.2) is 23.7 Å². The number of nitrogens with zero attached hydrogens (tertiary/aromatic N) is 4. The van der Waals surface area contributed by atoms with Crippen molar-refractivity contribution < 1.29 is 9.47 Å². The van der Waals surface area contributed by atoms with Crippen molar-refractivity contribution in [1.82, 2.24) is 20.4 Å². The Bertz CT molecular complexity index is 1080. The van der Waals surface area contributed by atoms with E-state index in [-0.39, 0.29) is 11.6 Å². The Kier molecular flexibility index (Phi) is 7.67. The average Bonchev–Trinajstić information content (AvgIpc) is 3.27. The van der Waals surface area contributed by atoms with Gasteiger partial charge in [-0.3, -0.25) is 0 Å². The molecule has 3 N–H and O–H groups in total. The minimum Gasteiger partial charge on any atom is -0.381 e. The molecule has 5 rings (SSSR count). The van der Waals surface area contributed by atoms with E-state index < -0.39 is 5.00 Å². The molecule has 1 unspecified atom stereocenters. The molecule has 2 aromatic rings. The first-order valence-corrected chi connectivity index (χ1v) is 13.9. The van der Waals surface area contributed by atoms with Gasteiger partial charge in [-0.15, -0.1) is 22.9 Å². The molecule has 3 aliphatic rings. The summed E-state index contributed by atoms with van der Waals surface area (Å²) >= 11 is 8.43. The maximum absolute atomic E-state index is 9.67. The number of methoxy groups -OCH3 is 1. The topological polar surface area (TPSA) is 107 Å². The van der Waals surface area contributed by atoms with Gasteiger partial charge in [0.15, 0.2) is 5.13 Å². The first kappa shape index (κ1) is 25.6. The first-order valence-electron chi connectivity index (χ1n) is 12.6. The van der Waals surface area contributed by atoms with E-state index in [4.69, 9.17) is 26.1 Å². The minimum atomic E-state index is -0.423. The molecule has 0 bridgehead atoms. The van der Waals surface area contributed by atoms with Crippen molar-refractivity contribution in [1.29, 1.82) is 5.26 Å². The number of nitrogens with one attached hydrogen (secondary N) is 3. The number of anilines is 2. The summed E-state index contributed by atoms with van der Waals surface area (Å²) in [7, 11) is 1.73. The molecule has 0 spiro atoms. The lowest BCUT2D eigenvalue weighted by Crippen LogP contribution is -2.48. The van der Waals surface area contributed by atoms with Crippen LogP contribution in [0.2, 0.25) is 0 Å². The van der Waals surface area contributed by atoms with Crippen molar-refractivity contribution in [3.63, 3.8) is 0 Å². The van der Waals surface area contributed by atoms with Crippen molar-refractivity contribution in [2.45, 2.75) is 68.8 Å². The quantitative estimate of drug-likeness (QED) is 0.246. The standard InChI is InChI=1S/C25H34ClN7O2S/c1-17-22(34-2)33(17)32-25(26)6-3-19(4-7-25)30-21-13-18(5-10-28-21)20-14-36-23(31-20)29-16-24(15-27)8-11-35-12-9-24/h5,10,13-14,17,19,22,32H,3-4,6-9,11-12,16H2,1-2H3,(H,28,30)(H,29,31)/t17-,19?,22-,25?,33?/m1/s1. The van der Waals surface area contributed by atoms with E-state index in [9.17, 15) is 5.26 Å². The van der Waals surface area contributed by atoms with E-state index in [0.29, 0.717) is 31.8 Å². The maximum atomic E-state index is 9.67. The Morgan fingerprint density at radius 1 is 1.31 bits per heavy atom. The zero-order valence-electron chi connectivity index (χ0n) is 20.8. The highest BCUT2D eigenvalue weighted by molar-refractivity contribution is 7.14. The molecule has 0 radical (unpaired) electrons. The highest BCUT2D eigenvalue weighted by Gasteiger charge is 2.49. The van der Waals surface area contributed by atoms with E-state index in [1.807, 2.05) is 17.6 Å². The number of thiazole rings is 1. The van der Waals surface area contributed by atoms with Crippen LogP contribution in [0.3, 0.4) is 0 Å². The number of hydrogen-bond donors (Lipinski definition) is 3. The van der Waals surface area contributed by atoms with Crippen LogP contribution < -0.4 is 16.1 Å². The highest BCUT2D eigenvalue weighted by atomic mass is 35.5. The average molecular weight is 532 g/mol. The van der Waals surface area contributed by atoms with Gasteiger partial charge in [0.1, 0.15) is 17.0 Å². The third kappa shape index (κ3) is 5.77. The summed E-state index contributed by atoms with van der Waals surface area (Å²) in [4.78, 5) is 8.87. The Morgan fingerprint density at radius 3 is 2.78 bits per heavy atom. The molecule has 9 nitrogen and oxygen atoms in total. The zero-order valence-corrected chi connectivity index (χ0v) is 22.4. The van der Waals surface area contributed by atoms with Crippen molar-refractivity contribution in [3.05, 3.63) is 23.7 Å². The van der Waals surface area contributed by atoms with Crippen LogP contribution in [-0.4, -0.2) is 65.2 Å². The van der Waals surface area contributed by atoms with Crippen LogP contribution in [0, 0.1) is 16.7 Å². The molecule has 4 heterocycles. The highest BCUT2D eigenvalue weighted by Crippen LogP contribution is 2.37. The smallest absolute Gasteiger partial charge is 0.183 e. The number of alkyl halides is 1. The summed E-state index contributed by atoms with van der Waals surface area (Å²) in [6, 6.07) is 7.19. The molecule has 2 saturated heterocycles. The predicted octanol–water partition coefficient (Wildman–Crippen LogP) is 4.41. The Morgan fingerprint density at radius 2 is 2.08 bits per heavy atom. The Labute approximate surface area is 221 Å². The first-order chi connectivity index (χ1) is 17.4. The Hall–Kier alpha value is -2.00. The second kappa shape index (κ2) is 10.8. The summed E-state index contributed by atoms with van der Waals surface area (Å²) in [6.07, 6.45) is 7.07. The van der Waals surface area contributed by atoms with E-state index in [0.717, 1.165) is 60.7 Å². The largest absolute Gasteiger partial charge is 0.381 e. The van der Waals surface area contributed by atoms with Gasteiger partial charge in [-0.05, 0) is 57.6 Å². The second-order valence-corrected chi connectivity index (χ2v) is 11.7. The molecule has 1 aliphatic carbocycles. The number of nitriles is 1. The van der Waals surface area contributed by atoms with Gasteiger partial charge in [0.2, 0.25) is 0 Å². The number of rotatable bonds is 9.